The van der Waals surface area contributed by atoms with Gasteiger partial charge in [-0.3, -0.25) is 4.79 Å². The molecule has 1 aromatic carbocycles. The third-order valence-corrected chi connectivity index (χ3v) is 2.15. The van der Waals surface area contributed by atoms with Crippen LogP contribution in [0.25, 0.3) is 0 Å². The summed E-state index contributed by atoms with van der Waals surface area (Å²) in [6.07, 6.45) is 0.107. The average molecular weight is 281 g/mol. The quantitative estimate of drug-likeness (QED) is 0.891. The normalized spacial score (nSPS) is 10.2. The molecule has 0 aliphatic carbocycles. The maximum atomic E-state index is 10.2. The van der Waals surface area contributed by atoms with E-state index in [1.54, 1.807) is 20.8 Å². The number of carboxylic acid groups (broad SMARTS) is 1. The van der Waals surface area contributed by atoms with Crippen LogP contribution >= 0.6 is 0 Å². The van der Waals surface area contributed by atoms with Gasteiger partial charge in [0.25, 0.3) is 0 Å². The van der Waals surface area contributed by atoms with Crippen molar-refractivity contribution in [3.05, 3.63) is 35.4 Å². The molecule has 0 heterocycles. The van der Waals surface area contributed by atoms with Gasteiger partial charge in [-0.15, -0.1) is 0 Å². The van der Waals surface area contributed by atoms with E-state index in [4.69, 9.17) is 10.8 Å². The van der Waals surface area contributed by atoms with Crippen LogP contribution in [-0.4, -0.2) is 22.8 Å². The van der Waals surface area contributed by atoms with Crippen LogP contribution in [0.3, 0.4) is 0 Å². The van der Waals surface area contributed by atoms with Crippen molar-refractivity contribution in [3.8, 4) is 0 Å². The molecular formula is C15H23NO4. The summed E-state index contributed by atoms with van der Waals surface area (Å²) in [4.78, 5) is 20.3. The summed E-state index contributed by atoms with van der Waals surface area (Å²) in [6, 6.07) is 7.94. The van der Waals surface area contributed by atoms with Crippen LogP contribution in [0.15, 0.2) is 24.3 Å². The highest BCUT2D eigenvalue weighted by Gasteiger charge is 2.12. The van der Waals surface area contributed by atoms with Gasteiger partial charge in [0.1, 0.15) is 5.60 Å². The van der Waals surface area contributed by atoms with Crippen molar-refractivity contribution in [2.75, 3.05) is 0 Å². The Morgan fingerprint density at radius 2 is 1.70 bits per heavy atom. The first-order valence-electron chi connectivity index (χ1n) is 6.36. The first-order valence-corrected chi connectivity index (χ1v) is 6.36. The number of amides is 1. The molecule has 112 valence electrons. The number of aryl methyl sites for hydroxylation is 2. The zero-order chi connectivity index (χ0) is 15.8. The molecule has 0 unspecified atom stereocenters. The van der Waals surface area contributed by atoms with Gasteiger partial charge in [0.15, 0.2) is 0 Å². The molecule has 1 rings (SSSR count). The number of hydrogen-bond acceptors (Lipinski definition) is 3. The minimum Gasteiger partial charge on any atom is -0.481 e. The van der Waals surface area contributed by atoms with Gasteiger partial charge in [-0.25, -0.2) is 4.79 Å². The first-order chi connectivity index (χ1) is 9.10. The molecule has 1 amide bonds. The Morgan fingerprint density at radius 3 is 2.00 bits per heavy atom. The molecule has 0 fully saturated rings. The number of nitrogens with two attached hydrogens (primary N) is 1. The van der Waals surface area contributed by atoms with Crippen molar-refractivity contribution in [2.24, 2.45) is 5.73 Å². The zero-order valence-corrected chi connectivity index (χ0v) is 12.5. The summed E-state index contributed by atoms with van der Waals surface area (Å²) in [5.74, 6) is -0.740. The zero-order valence-electron chi connectivity index (χ0n) is 12.5. The van der Waals surface area contributed by atoms with E-state index in [0.717, 1.165) is 5.56 Å². The number of hydrogen-bond donors (Lipinski definition) is 2. The van der Waals surface area contributed by atoms with E-state index in [9.17, 15) is 9.59 Å². The molecule has 0 aromatic heterocycles. The highest BCUT2D eigenvalue weighted by Crippen LogP contribution is 2.05. The van der Waals surface area contributed by atoms with Crippen molar-refractivity contribution in [2.45, 2.75) is 46.1 Å². The second kappa shape index (κ2) is 8.19. The fourth-order valence-corrected chi connectivity index (χ4v) is 1.31. The fraction of sp³-hybridized carbons (Fsp3) is 0.467. The second-order valence-electron chi connectivity index (χ2n) is 5.41. The number of benzene rings is 1. The summed E-state index contributed by atoms with van der Waals surface area (Å²) in [5, 5.41) is 8.43. The number of ether oxygens (including phenoxy) is 1. The third kappa shape index (κ3) is 11.1. The largest absolute Gasteiger partial charge is 0.481 e. The van der Waals surface area contributed by atoms with E-state index < -0.39 is 17.7 Å². The average Bonchev–Trinajstić information content (AvgIpc) is 2.25. The molecule has 0 bridgehead atoms. The van der Waals surface area contributed by atoms with Crippen LogP contribution in [0.4, 0.5) is 4.79 Å². The number of aliphatic carboxylic acids is 1. The smallest absolute Gasteiger partial charge is 0.405 e. The van der Waals surface area contributed by atoms with Gasteiger partial charge in [0, 0.05) is 6.42 Å². The van der Waals surface area contributed by atoms with Crippen molar-refractivity contribution >= 4 is 12.1 Å². The Bertz CT molecular complexity index is 432. The van der Waals surface area contributed by atoms with Crippen molar-refractivity contribution < 1.29 is 19.4 Å². The molecule has 0 saturated heterocycles. The Labute approximate surface area is 119 Å². The molecule has 1 aromatic rings. The summed E-state index contributed by atoms with van der Waals surface area (Å²) in [5.41, 5.74) is 6.55. The standard InChI is InChI=1S/C10H12O2.C5H11NO2/c1-8-2-4-9(5-3-8)6-7-10(11)12;1-5(2,3)8-4(6)7/h2-5H,6-7H2,1H3,(H,11,12);1-3H3,(H2,6,7). The molecule has 0 atom stereocenters. The number of carboxylic acids is 1. The number of carbonyl (C=O) groups excluding carboxylic acids is 1. The summed E-state index contributed by atoms with van der Waals surface area (Å²) in [6.45, 7) is 7.30. The summed E-state index contributed by atoms with van der Waals surface area (Å²) in [7, 11) is 0. The Kier molecular flexibility index (Phi) is 7.36. The maximum Gasteiger partial charge on any atom is 0.405 e. The van der Waals surface area contributed by atoms with E-state index in [1.165, 1.54) is 5.56 Å². The van der Waals surface area contributed by atoms with Gasteiger partial charge in [-0.05, 0) is 39.7 Å². The SMILES string of the molecule is CC(C)(C)OC(N)=O.Cc1ccc(CCC(=O)O)cc1. The van der Waals surface area contributed by atoms with Crippen LogP contribution in [0.5, 0.6) is 0 Å². The Morgan fingerprint density at radius 1 is 1.20 bits per heavy atom. The van der Waals surface area contributed by atoms with Gasteiger partial charge in [0.2, 0.25) is 0 Å². The Balaban J connectivity index is 0.000000396. The molecule has 5 nitrogen and oxygen atoms in total. The van der Waals surface area contributed by atoms with Crippen LogP contribution in [0, 0.1) is 6.92 Å². The lowest BCUT2D eigenvalue weighted by molar-refractivity contribution is -0.136. The molecule has 0 radical (unpaired) electrons. The lowest BCUT2D eigenvalue weighted by Crippen LogP contribution is -2.27. The molecule has 0 saturated carbocycles. The van der Waals surface area contributed by atoms with Crippen LogP contribution < -0.4 is 5.73 Å². The van der Waals surface area contributed by atoms with Crippen molar-refractivity contribution in [3.63, 3.8) is 0 Å². The van der Waals surface area contributed by atoms with Crippen molar-refractivity contribution in [1.29, 1.82) is 0 Å². The minimum atomic E-state index is -0.740. The second-order valence-corrected chi connectivity index (χ2v) is 5.41. The summed E-state index contributed by atoms with van der Waals surface area (Å²) < 4.78 is 4.58. The van der Waals surface area contributed by atoms with Crippen molar-refractivity contribution in [1.82, 2.24) is 0 Å². The fourth-order valence-electron chi connectivity index (χ4n) is 1.31. The molecule has 0 aliphatic rings. The number of rotatable bonds is 3. The van der Waals surface area contributed by atoms with E-state index in [-0.39, 0.29) is 6.42 Å². The number of carbonyl (C=O) groups is 2. The summed E-state index contributed by atoms with van der Waals surface area (Å²) >= 11 is 0. The minimum absolute atomic E-state index is 0.211. The van der Waals surface area contributed by atoms with Gasteiger partial charge < -0.3 is 15.6 Å². The molecule has 5 heteroatoms. The van der Waals surface area contributed by atoms with Gasteiger partial charge in [0.05, 0.1) is 0 Å². The third-order valence-electron chi connectivity index (χ3n) is 2.15. The number of primary amides is 1. The predicted octanol–water partition coefficient (Wildman–Crippen LogP) is 2.89. The predicted molar refractivity (Wildman–Crippen MR) is 77.6 cm³/mol. The molecule has 0 aliphatic heterocycles. The van der Waals surface area contributed by atoms with E-state index in [2.05, 4.69) is 4.74 Å². The van der Waals surface area contributed by atoms with E-state index >= 15 is 0 Å². The first kappa shape index (κ1) is 18.0. The molecular weight excluding hydrogens is 258 g/mol. The Hall–Kier alpha value is -2.04. The monoisotopic (exact) mass is 281 g/mol. The maximum absolute atomic E-state index is 10.2. The van der Waals surface area contributed by atoms with E-state index in [0.29, 0.717) is 6.42 Å². The van der Waals surface area contributed by atoms with Gasteiger partial charge in [-0.1, -0.05) is 29.8 Å². The molecule has 3 N–H and O–H groups in total. The van der Waals surface area contributed by atoms with E-state index in [1.807, 2.05) is 31.2 Å². The highest BCUT2D eigenvalue weighted by atomic mass is 16.6. The van der Waals surface area contributed by atoms with Crippen LogP contribution in [-0.2, 0) is 16.0 Å². The topological polar surface area (TPSA) is 89.6 Å². The molecule has 0 spiro atoms. The van der Waals surface area contributed by atoms with Crippen LogP contribution in [0.2, 0.25) is 0 Å². The molecule has 20 heavy (non-hydrogen) atoms. The van der Waals surface area contributed by atoms with Crippen LogP contribution in [0.1, 0.15) is 38.3 Å². The highest BCUT2D eigenvalue weighted by molar-refractivity contribution is 5.67. The van der Waals surface area contributed by atoms with Gasteiger partial charge in [-0.2, -0.15) is 0 Å². The lowest BCUT2D eigenvalue weighted by atomic mass is 10.1. The van der Waals surface area contributed by atoms with Gasteiger partial charge >= 0.3 is 12.1 Å². The lowest BCUT2D eigenvalue weighted by Gasteiger charge is -2.16.